The smallest absolute Gasteiger partial charge is 0.310 e. The maximum atomic E-state index is 12.2. The van der Waals surface area contributed by atoms with Crippen LogP contribution in [0.5, 0.6) is 0 Å². The average molecular weight is 345 g/mol. The Kier molecular flexibility index (Phi) is 4.11. The van der Waals surface area contributed by atoms with Crippen molar-refractivity contribution in [3.05, 3.63) is 70.2 Å². The Morgan fingerprint density at radius 3 is 2.38 bits per heavy atom. The first kappa shape index (κ1) is 14.3. The molecule has 0 aromatic heterocycles. The summed E-state index contributed by atoms with van der Waals surface area (Å²) >= 11 is 3.60. The molecule has 2 aromatic rings. The van der Waals surface area contributed by atoms with Gasteiger partial charge in [-0.05, 0) is 24.1 Å². The van der Waals surface area contributed by atoms with E-state index >= 15 is 0 Å². The Morgan fingerprint density at radius 1 is 1.05 bits per heavy atom. The van der Waals surface area contributed by atoms with Gasteiger partial charge in [-0.25, -0.2) is 0 Å². The lowest BCUT2D eigenvalue weighted by molar-refractivity contribution is -0.144. The molecule has 21 heavy (non-hydrogen) atoms. The van der Waals surface area contributed by atoms with E-state index in [2.05, 4.69) is 34.1 Å². The van der Waals surface area contributed by atoms with Crippen molar-refractivity contribution in [3.63, 3.8) is 0 Å². The van der Waals surface area contributed by atoms with Crippen LogP contribution in [0.2, 0.25) is 0 Å². The van der Waals surface area contributed by atoms with E-state index in [0.29, 0.717) is 6.61 Å². The number of benzene rings is 2. The summed E-state index contributed by atoms with van der Waals surface area (Å²) in [7, 11) is 0. The molecular formula is C18H17BrO2. The van der Waals surface area contributed by atoms with E-state index in [1.54, 1.807) is 0 Å². The zero-order valence-electron chi connectivity index (χ0n) is 11.8. The molecule has 2 aromatic carbocycles. The lowest BCUT2D eigenvalue weighted by Crippen LogP contribution is -2.08. The molecule has 0 N–H and O–H groups in total. The number of carbonyl (C=O) groups is 1. The molecule has 1 aliphatic carbocycles. The van der Waals surface area contributed by atoms with Crippen LogP contribution in [0.25, 0.3) is 0 Å². The Balaban J connectivity index is 1.94. The molecule has 0 saturated heterocycles. The lowest BCUT2D eigenvalue weighted by atomic mass is 10.0. The molecule has 3 atom stereocenters. The van der Waals surface area contributed by atoms with E-state index < -0.39 is 0 Å². The number of ether oxygens (including phenoxy) is 1. The van der Waals surface area contributed by atoms with Crippen molar-refractivity contribution in [2.45, 2.75) is 18.8 Å². The molecule has 0 spiro atoms. The van der Waals surface area contributed by atoms with Gasteiger partial charge in [-0.1, -0.05) is 64.5 Å². The highest BCUT2D eigenvalue weighted by atomic mass is 79.9. The molecule has 3 rings (SSSR count). The fraction of sp³-hybridized carbons (Fsp3) is 0.278. The molecule has 0 radical (unpaired) electrons. The predicted octanol–water partition coefficient (Wildman–Crippen LogP) is 4.51. The maximum Gasteiger partial charge on any atom is 0.310 e. The zero-order chi connectivity index (χ0) is 14.8. The van der Waals surface area contributed by atoms with Crippen LogP contribution in [0.3, 0.4) is 0 Å². The van der Waals surface area contributed by atoms with Gasteiger partial charge < -0.3 is 4.74 Å². The lowest BCUT2D eigenvalue weighted by Gasteiger charge is -2.03. The SMILES string of the molecule is CCOC(=O)C1C(c2ccccc2)C1c1ccccc1Br. The van der Waals surface area contributed by atoms with Crippen LogP contribution in [-0.4, -0.2) is 12.6 Å². The van der Waals surface area contributed by atoms with Gasteiger partial charge in [0.15, 0.2) is 0 Å². The van der Waals surface area contributed by atoms with Crippen LogP contribution < -0.4 is 0 Å². The van der Waals surface area contributed by atoms with E-state index in [1.807, 2.05) is 43.3 Å². The van der Waals surface area contributed by atoms with Crippen LogP contribution in [0.4, 0.5) is 0 Å². The van der Waals surface area contributed by atoms with Gasteiger partial charge in [-0.2, -0.15) is 0 Å². The minimum Gasteiger partial charge on any atom is -0.466 e. The van der Waals surface area contributed by atoms with Gasteiger partial charge in [0, 0.05) is 16.3 Å². The molecular weight excluding hydrogens is 328 g/mol. The van der Waals surface area contributed by atoms with E-state index in [0.717, 1.165) is 4.47 Å². The van der Waals surface area contributed by atoms with Gasteiger partial charge in [0.05, 0.1) is 12.5 Å². The van der Waals surface area contributed by atoms with Crippen LogP contribution >= 0.6 is 15.9 Å². The van der Waals surface area contributed by atoms with E-state index in [1.165, 1.54) is 11.1 Å². The van der Waals surface area contributed by atoms with Crippen LogP contribution in [0.15, 0.2) is 59.1 Å². The second-order valence-electron chi connectivity index (χ2n) is 5.26. The number of hydrogen-bond acceptors (Lipinski definition) is 2. The summed E-state index contributed by atoms with van der Waals surface area (Å²) in [6.45, 7) is 2.28. The van der Waals surface area contributed by atoms with Gasteiger partial charge >= 0.3 is 5.97 Å². The summed E-state index contributed by atoms with van der Waals surface area (Å²) in [6.07, 6.45) is 0. The zero-order valence-corrected chi connectivity index (χ0v) is 13.4. The molecule has 1 fully saturated rings. The van der Waals surface area contributed by atoms with Gasteiger partial charge in [0.2, 0.25) is 0 Å². The van der Waals surface area contributed by atoms with Crippen LogP contribution in [-0.2, 0) is 9.53 Å². The normalized spacial score (nSPS) is 23.6. The minimum atomic E-state index is -0.0906. The molecule has 3 unspecified atom stereocenters. The first-order chi connectivity index (χ1) is 10.2. The second-order valence-corrected chi connectivity index (χ2v) is 6.12. The van der Waals surface area contributed by atoms with Crippen molar-refractivity contribution in [2.75, 3.05) is 6.61 Å². The molecule has 1 aliphatic rings. The standard InChI is InChI=1S/C18H17BrO2/c1-2-21-18(20)17-15(12-8-4-3-5-9-12)16(17)13-10-6-7-11-14(13)19/h3-11,15-17H,2H2,1H3. The Morgan fingerprint density at radius 2 is 1.71 bits per heavy atom. The highest BCUT2D eigenvalue weighted by Gasteiger charge is 2.57. The summed E-state index contributed by atoms with van der Waals surface area (Å²) in [5.41, 5.74) is 2.39. The third-order valence-electron chi connectivity index (χ3n) is 4.03. The van der Waals surface area contributed by atoms with Gasteiger partial charge in [0.25, 0.3) is 0 Å². The third-order valence-corrected chi connectivity index (χ3v) is 4.75. The highest BCUT2D eigenvalue weighted by Crippen LogP contribution is 2.61. The molecule has 2 nitrogen and oxygen atoms in total. The van der Waals surface area contributed by atoms with E-state index in [9.17, 15) is 4.79 Å². The summed E-state index contributed by atoms with van der Waals surface area (Å²) in [5.74, 6) is 0.240. The molecule has 0 aliphatic heterocycles. The van der Waals surface area contributed by atoms with Crippen molar-refractivity contribution >= 4 is 21.9 Å². The van der Waals surface area contributed by atoms with E-state index in [-0.39, 0.29) is 23.7 Å². The number of carbonyl (C=O) groups excluding carboxylic acids is 1. The molecule has 0 amide bonds. The first-order valence-corrected chi connectivity index (χ1v) is 7.99. The summed E-state index contributed by atoms with van der Waals surface area (Å²) < 4.78 is 6.31. The molecule has 1 saturated carbocycles. The topological polar surface area (TPSA) is 26.3 Å². The summed E-state index contributed by atoms with van der Waals surface area (Å²) in [5, 5.41) is 0. The monoisotopic (exact) mass is 344 g/mol. The van der Waals surface area contributed by atoms with Gasteiger partial charge in [-0.15, -0.1) is 0 Å². The van der Waals surface area contributed by atoms with Crippen molar-refractivity contribution < 1.29 is 9.53 Å². The molecule has 0 bridgehead atoms. The largest absolute Gasteiger partial charge is 0.466 e. The molecule has 0 heterocycles. The minimum absolute atomic E-state index is 0.0777. The van der Waals surface area contributed by atoms with Crippen molar-refractivity contribution in [1.82, 2.24) is 0 Å². The van der Waals surface area contributed by atoms with Crippen molar-refractivity contribution in [2.24, 2.45) is 5.92 Å². The maximum absolute atomic E-state index is 12.2. The fourth-order valence-electron chi connectivity index (χ4n) is 3.06. The Labute approximate surface area is 133 Å². The van der Waals surface area contributed by atoms with Crippen LogP contribution in [0, 0.1) is 5.92 Å². The quantitative estimate of drug-likeness (QED) is 0.762. The average Bonchev–Trinajstić information content (AvgIpc) is 3.24. The van der Waals surface area contributed by atoms with Crippen molar-refractivity contribution in [1.29, 1.82) is 0 Å². The number of esters is 1. The first-order valence-electron chi connectivity index (χ1n) is 7.20. The number of halogens is 1. The van der Waals surface area contributed by atoms with E-state index in [4.69, 9.17) is 4.74 Å². The fourth-order valence-corrected chi connectivity index (χ4v) is 3.61. The molecule has 3 heteroatoms. The Bertz CT molecular complexity index is 639. The van der Waals surface area contributed by atoms with Crippen molar-refractivity contribution in [3.8, 4) is 0 Å². The number of hydrogen-bond donors (Lipinski definition) is 0. The second kappa shape index (κ2) is 6.02. The highest BCUT2D eigenvalue weighted by molar-refractivity contribution is 9.10. The summed E-state index contributed by atoms with van der Waals surface area (Å²) in [6, 6.07) is 18.3. The predicted molar refractivity (Wildman–Crippen MR) is 86.2 cm³/mol. The van der Waals surface area contributed by atoms with Gasteiger partial charge in [-0.3, -0.25) is 4.79 Å². The summed E-state index contributed by atoms with van der Waals surface area (Å²) in [4.78, 5) is 12.2. The molecule has 108 valence electrons. The van der Waals surface area contributed by atoms with Gasteiger partial charge in [0.1, 0.15) is 0 Å². The third kappa shape index (κ3) is 2.75. The number of rotatable bonds is 4. The van der Waals surface area contributed by atoms with Crippen LogP contribution in [0.1, 0.15) is 29.9 Å². The Hall–Kier alpha value is -1.61.